The lowest BCUT2D eigenvalue weighted by Crippen LogP contribution is -2.44. The van der Waals surface area contributed by atoms with Gasteiger partial charge >= 0.3 is 11.9 Å². The van der Waals surface area contributed by atoms with Crippen molar-refractivity contribution in [3.05, 3.63) is 29.3 Å². The summed E-state index contributed by atoms with van der Waals surface area (Å²) in [4.78, 5) is 22.7. The number of methoxy groups -OCH3 is 2. The number of hydrogen-bond acceptors (Lipinski definition) is 6. The number of hydrogen-bond donors (Lipinski definition) is 2. The van der Waals surface area contributed by atoms with Gasteiger partial charge in [0, 0.05) is 7.11 Å². The lowest BCUT2D eigenvalue weighted by molar-refractivity contribution is -0.140. The first-order valence-electron chi connectivity index (χ1n) is 7.08. The maximum Gasteiger partial charge on any atom is 0.337 e. The molecule has 0 saturated heterocycles. The van der Waals surface area contributed by atoms with Gasteiger partial charge in [-0.05, 0) is 29.7 Å². The van der Waals surface area contributed by atoms with E-state index in [1.165, 1.54) is 26.4 Å². The Bertz CT molecular complexity index is 713. The van der Waals surface area contributed by atoms with Gasteiger partial charge < -0.3 is 14.6 Å². The number of carboxylic acid groups (broad SMARTS) is 1. The smallest absolute Gasteiger partial charge is 0.337 e. The summed E-state index contributed by atoms with van der Waals surface area (Å²) < 4.78 is 36.7. The lowest BCUT2D eigenvalue weighted by Gasteiger charge is -2.18. The van der Waals surface area contributed by atoms with E-state index in [4.69, 9.17) is 9.84 Å². The number of carboxylic acids is 1. The van der Waals surface area contributed by atoms with Crippen LogP contribution in [0.3, 0.4) is 0 Å². The molecular weight excluding hydrogens is 338 g/mol. The van der Waals surface area contributed by atoms with Gasteiger partial charge in [-0.2, -0.15) is 4.72 Å². The normalized spacial score (nSPS) is 12.9. The van der Waals surface area contributed by atoms with Crippen molar-refractivity contribution < 1.29 is 32.6 Å². The van der Waals surface area contributed by atoms with E-state index in [9.17, 15) is 18.0 Å². The van der Waals surface area contributed by atoms with E-state index in [1.54, 1.807) is 13.8 Å². The maximum absolute atomic E-state index is 12.5. The van der Waals surface area contributed by atoms with Crippen molar-refractivity contribution in [3.8, 4) is 0 Å². The molecule has 0 amide bonds. The number of esters is 1. The molecule has 9 heteroatoms. The van der Waals surface area contributed by atoms with Crippen molar-refractivity contribution in [2.24, 2.45) is 5.92 Å². The Morgan fingerprint density at radius 3 is 2.29 bits per heavy atom. The van der Waals surface area contributed by atoms with E-state index in [-0.39, 0.29) is 17.1 Å². The molecule has 0 aromatic heterocycles. The van der Waals surface area contributed by atoms with Gasteiger partial charge in [0.1, 0.15) is 6.04 Å². The predicted octanol–water partition coefficient (Wildman–Crippen LogP) is 1.01. The van der Waals surface area contributed by atoms with Crippen molar-refractivity contribution in [3.63, 3.8) is 0 Å². The number of sulfonamides is 1. The summed E-state index contributed by atoms with van der Waals surface area (Å²) in [6.45, 7) is 3.25. The summed E-state index contributed by atoms with van der Waals surface area (Å²) in [5.74, 6) is -2.45. The van der Waals surface area contributed by atoms with Crippen molar-refractivity contribution >= 4 is 22.0 Å². The zero-order valence-electron chi connectivity index (χ0n) is 13.9. The fourth-order valence-electron chi connectivity index (χ4n) is 2.01. The fourth-order valence-corrected chi connectivity index (χ4v) is 3.44. The van der Waals surface area contributed by atoms with Gasteiger partial charge in [0.15, 0.2) is 0 Å². The van der Waals surface area contributed by atoms with E-state index in [1.807, 2.05) is 0 Å². The quantitative estimate of drug-likeness (QED) is 0.665. The molecule has 1 rings (SSSR count). The number of nitrogens with one attached hydrogen (secondary N) is 1. The third-order valence-corrected chi connectivity index (χ3v) is 4.64. The Hall–Kier alpha value is -1.97. The standard InChI is InChI=1S/C15H21NO7S/c1-9(2)13(14(17)18)16-24(20,21)12-6-10(8-22-3)5-11(7-12)15(19)23-4/h5-7,9,13,16H,8H2,1-4H3,(H,17,18). The van der Waals surface area contributed by atoms with Crippen LogP contribution >= 0.6 is 0 Å². The average molecular weight is 359 g/mol. The highest BCUT2D eigenvalue weighted by atomic mass is 32.2. The molecule has 0 aliphatic heterocycles. The minimum atomic E-state index is -4.15. The molecule has 2 N–H and O–H groups in total. The van der Waals surface area contributed by atoms with Crippen LogP contribution in [-0.4, -0.2) is 45.7 Å². The Morgan fingerprint density at radius 2 is 1.83 bits per heavy atom. The monoisotopic (exact) mass is 359 g/mol. The average Bonchev–Trinajstić information content (AvgIpc) is 2.51. The van der Waals surface area contributed by atoms with Crippen LogP contribution in [0.25, 0.3) is 0 Å². The number of benzene rings is 1. The number of carbonyl (C=O) groups excluding carboxylic acids is 1. The minimum absolute atomic E-state index is 0.0313. The van der Waals surface area contributed by atoms with Gasteiger partial charge in [-0.3, -0.25) is 4.79 Å². The molecule has 1 aromatic rings. The second-order valence-corrected chi connectivity index (χ2v) is 7.19. The Morgan fingerprint density at radius 1 is 1.21 bits per heavy atom. The SMILES string of the molecule is COCc1cc(C(=O)OC)cc(S(=O)(=O)NC(C(=O)O)C(C)C)c1. The van der Waals surface area contributed by atoms with Gasteiger partial charge in [0.2, 0.25) is 10.0 Å². The highest BCUT2D eigenvalue weighted by molar-refractivity contribution is 7.89. The summed E-state index contributed by atoms with van der Waals surface area (Å²) in [5.41, 5.74) is 0.473. The first kappa shape index (κ1) is 20.1. The molecule has 134 valence electrons. The summed E-state index contributed by atoms with van der Waals surface area (Å²) in [5, 5.41) is 9.15. The van der Waals surface area contributed by atoms with Gasteiger partial charge in [-0.15, -0.1) is 0 Å². The van der Waals surface area contributed by atoms with Crippen LogP contribution < -0.4 is 4.72 Å². The molecule has 0 bridgehead atoms. The van der Waals surface area contributed by atoms with E-state index < -0.39 is 33.9 Å². The second kappa shape index (κ2) is 8.22. The molecule has 1 atom stereocenters. The number of carbonyl (C=O) groups is 2. The van der Waals surface area contributed by atoms with E-state index in [0.29, 0.717) is 5.56 Å². The molecule has 0 radical (unpaired) electrons. The summed E-state index contributed by atoms with van der Waals surface area (Å²) in [6.07, 6.45) is 0. The second-order valence-electron chi connectivity index (χ2n) is 5.47. The molecule has 0 fully saturated rings. The minimum Gasteiger partial charge on any atom is -0.480 e. The zero-order valence-corrected chi connectivity index (χ0v) is 14.7. The number of ether oxygens (including phenoxy) is 2. The zero-order chi connectivity index (χ0) is 18.5. The molecular formula is C15H21NO7S. The van der Waals surface area contributed by atoms with Gasteiger partial charge in [-0.1, -0.05) is 13.8 Å². The van der Waals surface area contributed by atoms with E-state index >= 15 is 0 Å². The van der Waals surface area contributed by atoms with Crippen LogP contribution in [0, 0.1) is 5.92 Å². The first-order chi connectivity index (χ1) is 11.1. The molecule has 24 heavy (non-hydrogen) atoms. The van der Waals surface area contributed by atoms with Crippen molar-refractivity contribution in [2.45, 2.75) is 31.4 Å². The van der Waals surface area contributed by atoms with Gasteiger partial charge in [0.25, 0.3) is 0 Å². The lowest BCUT2D eigenvalue weighted by atomic mass is 10.1. The molecule has 1 unspecified atom stereocenters. The van der Waals surface area contributed by atoms with Crippen LogP contribution in [-0.2, 0) is 30.9 Å². The number of aliphatic carboxylic acids is 1. The Kier molecular flexibility index (Phi) is 6.88. The third-order valence-electron chi connectivity index (χ3n) is 3.22. The molecule has 0 saturated carbocycles. The van der Waals surface area contributed by atoms with Crippen LogP contribution in [0.1, 0.15) is 29.8 Å². The molecule has 0 heterocycles. The Labute approximate surface area is 140 Å². The van der Waals surface area contributed by atoms with Gasteiger partial charge in [0.05, 0.1) is 24.2 Å². The highest BCUT2D eigenvalue weighted by Gasteiger charge is 2.28. The van der Waals surface area contributed by atoms with Crippen molar-refractivity contribution in [1.29, 1.82) is 0 Å². The first-order valence-corrected chi connectivity index (χ1v) is 8.57. The third kappa shape index (κ3) is 5.02. The maximum atomic E-state index is 12.5. The molecule has 8 nitrogen and oxygen atoms in total. The predicted molar refractivity (Wildman–Crippen MR) is 85.1 cm³/mol. The van der Waals surface area contributed by atoms with E-state index in [2.05, 4.69) is 9.46 Å². The largest absolute Gasteiger partial charge is 0.480 e. The molecule has 0 aliphatic rings. The van der Waals surface area contributed by atoms with Crippen LogP contribution in [0.5, 0.6) is 0 Å². The Balaban J connectivity index is 3.33. The molecule has 0 aliphatic carbocycles. The van der Waals surface area contributed by atoms with Crippen molar-refractivity contribution in [1.82, 2.24) is 4.72 Å². The van der Waals surface area contributed by atoms with Crippen LogP contribution in [0.4, 0.5) is 0 Å². The van der Waals surface area contributed by atoms with Crippen LogP contribution in [0.15, 0.2) is 23.1 Å². The highest BCUT2D eigenvalue weighted by Crippen LogP contribution is 2.18. The topological polar surface area (TPSA) is 119 Å². The fraction of sp³-hybridized carbons (Fsp3) is 0.467. The van der Waals surface area contributed by atoms with Gasteiger partial charge in [-0.25, -0.2) is 13.2 Å². The summed E-state index contributed by atoms with van der Waals surface area (Å²) in [6, 6.07) is 2.61. The number of rotatable bonds is 8. The molecule has 1 aromatic carbocycles. The summed E-state index contributed by atoms with van der Waals surface area (Å²) in [7, 11) is -1.54. The van der Waals surface area contributed by atoms with Crippen LogP contribution in [0.2, 0.25) is 0 Å². The summed E-state index contributed by atoms with van der Waals surface area (Å²) >= 11 is 0. The van der Waals surface area contributed by atoms with Crippen molar-refractivity contribution in [2.75, 3.05) is 14.2 Å². The van der Waals surface area contributed by atoms with E-state index in [0.717, 1.165) is 6.07 Å². The molecule has 0 spiro atoms.